The van der Waals surface area contributed by atoms with Gasteiger partial charge in [-0.3, -0.25) is 19.2 Å². The number of nitrogens with one attached hydrogen (secondary N) is 2. The van der Waals surface area contributed by atoms with E-state index in [1.165, 1.54) is 122 Å². The maximum absolute atomic E-state index is 12.9. The van der Waals surface area contributed by atoms with E-state index in [9.17, 15) is 19.2 Å². The Balaban J connectivity index is 4.57. The zero-order valence-electron chi connectivity index (χ0n) is 41.0. The molecular formula is C52H101N3O6. The van der Waals surface area contributed by atoms with Crippen LogP contribution in [0.4, 0.5) is 0 Å². The van der Waals surface area contributed by atoms with E-state index in [1.54, 1.807) is 0 Å². The zero-order valence-corrected chi connectivity index (χ0v) is 41.0. The highest BCUT2D eigenvalue weighted by atomic mass is 16.5. The molecule has 2 amide bonds. The minimum absolute atomic E-state index is 0.000645. The van der Waals surface area contributed by atoms with Gasteiger partial charge in [-0.25, -0.2) is 0 Å². The highest BCUT2D eigenvalue weighted by Gasteiger charge is 2.15. The Morgan fingerprint density at radius 1 is 0.443 bits per heavy atom. The van der Waals surface area contributed by atoms with E-state index in [-0.39, 0.29) is 29.9 Å². The van der Waals surface area contributed by atoms with E-state index in [1.807, 2.05) is 0 Å². The van der Waals surface area contributed by atoms with E-state index < -0.39 is 0 Å². The molecule has 0 aliphatic heterocycles. The van der Waals surface area contributed by atoms with Gasteiger partial charge < -0.3 is 25.0 Å². The van der Waals surface area contributed by atoms with Crippen molar-refractivity contribution in [3.8, 4) is 0 Å². The van der Waals surface area contributed by atoms with Gasteiger partial charge in [-0.2, -0.15) is 0 Å². The molecule has 0 aromatic rings. The van der Waals surface area contributed by atoms with Gasteiger partial charge in [0.1, 0.15) is 6.10 Å². The van der Waals surface area contributed by atoms with Gasteiger partial charge in [0.2, 0.25) is 11.8 Å². The summed E-state index contributed by atoms with van der Waals surface area (Å²) in [5.74, 6) is 0.506. The van der Waals surface area contributed by atoms with E-state index in [4.69, 9.17) is 9.47 Å². The summed E-state index contributed by atoms with van der Waals surface area (Å²) < 4.78 is 11.7. The third-order valence-corrected chi connectivity index (χ3v) is 12.2. The van der Waals surface area contributed by atoms with Crippen molar-refractivity contribution in [3.05, 3.63) is 0 Å². The van der Waals surface area contributed by atoms with Crippen LogP contribution in [0.25, 0.3) is 0 Å². The maximum atomic E-state index is 12.9. The fourth-order valence-electron chi connectivity index (χ4n) is 8.22. The van der Waals surface area contributed by atoms with Crippen LogP contribution in [0.5, 0.6) is 0 Å². The van der Waals surface area contributed by atoms with Gasteiger partial charge in [0.05, 0.1) is 6.61 Å². The van der Waals surface area contributed by atoms with Gasteiger partial charge in [0, 0.05) is 39.3 Å². The number of carbonyl (C=O) groups is 4. The standard InChI is InChI=1S/C52H101N3O6/c1-6-10-14-16-20-26-35-49(36-27-21-17-15-11-7-2)61-52(59)38-29-23-19-25-31-44-55(45-32-41-54-50(57)39-42-53-47(5)56)43-30-24-18-22-28-37-51(58)60-46-40-48(33-12-8-3)34-13-9-4/h48-49H,6-46H2,1-5H3,(H,53,56)(H,54,57). The van der Waals surface area contributed by atoms with Crippen molar-refractivity contribution in [2.75, 3.05) is 39.3 Å². The largest absolute Gasteiger partial charge is 0.466 e. The molecule has 0 aromatic carbocycles. The van der Waals surface area contributed by atoms with Crippen molar-refractivity contribution < 1.29 is 28.7 Å². The number of rotatable bonds is 47. The van der Waals surface area contributed by atoms with E-state index in [2.05, 4.69) is 43.2 Å². The molecular weight excluding hydrogens is 763 g/mol. The van der Waals surface area contributed by atoms with Crippen molar-refractivity contribution in [2.45, 2.75) is 265 Å². The second-order valence-electron chi connectivity index (χ2n) is 18.2. The zero-order chi connectivity index (χ0) is 44.9. The predicted octanol–water partition coefficient (Wildman–Crippen LogP) is 13.3. The van der Waals surface area contributed by atoms with E-state index in [0.29, 0.717) is 44.9 Å². The van der Waals surface area contributed by atoms with Crippen molar-refractivity contribution >= 4 is 23.8 Å². The summed E-state index contributed by atoms with van der Waals surface area (Å²) in [4.78, 5) is 51.0. The number of hydrogen-bond donors (Lipinski definition) is 2. The van der Waals surface area contributed by atoms with Gasteiger partial charge in [-0.1, -0.05) is 169 Å². The summed E-state index contributed by atoms with van der Waals surface area (Å²) >= 11 is 0. The Morgan fingerprint density at radius 3 is 1.43 bits per heavy atom. The Hall–Kier alpha value is -2.16. The lowest BCUT2D eigenvalue weighted by Crippen LogP contribution is -2.33. The normalized spacial score (nSPS) is 11.5. The van der Waals surface area contributed by atoms with Gasteiger partial charge in [-0.15, -0.1) is 0 Å². The summed E-state index contributed by atoms with van der Waals surface area (Å²) in [5, 5.41) is 5.68. The molecule has 9 heteroatoms. The molecule has 0 spiro atoms. The molecule has 0 aliphatic carbocycles. The first-order valence-corrected chi connectivity index (χ1v) is 26.3. The minimum atomic E-state index is -0.117. The molecule has 360 valence electrons. The number of esters is 2. The first kappa shape index (κ1) is 58.8. The molecule has 0 fully saturated rings. The first-order chi connectivity index (χ1) is 29.7. The van der Waals surface area contributed by atoms with E-state index >= 15 is 0 Å². The molecule has 0 saturated heterocycles. The number of nitrogens with zero attached hydrogens (tertiary/aromatic N) is 1. The van der Waals surface area contributed by atoms with Crippen LogP contribution >= 0.6 is 0 Å². The topological polar surface area (TPSA) is 114 Å². The highest BCUT2D eigenvalue weighted by molar-refractivity contribution is 5.77. The molecule has 0 radical (unpaired) electrons. The van der Waals surface area contributed by atoms with Crippen molar-refractivity contribution in [1.29, 1.82) is 0 Å². The number of hydrogen-bond acceptors (Lipinski definition) is 7. The fraction of sp³-hybridized carbons (Fsp3) is 0.923. The summed E-state index contributed by atoms with van der Waals surface area (Å²) in [6, 6.07) is 0. The number of ether oxygens (including phenoxy) is 2. The van der Waals surface area contributed by atoms with Crippen LogP contribution in [0, 0.1) is 5.92 Å². The monoisotopic (exact) mass is 864 g/mol. The third-order valence-electron chi connectivity index (χ3n) is 12.2. The van der Waals surface area contributed by atoms with Crippen LogP contribution in [0.3, 0.4) is 0 Å². The molecule has 0 atom stereocenters. The Kier molecular flexibility index (Phi) is 44.2. The Labute approximate surface area is 377 Å². The maximum Gasteiger partial charge on any atom is 0.306 e. The second-order valence-corrected chi connectivity index (χ2v) is 18.2. The van der Waals surface area contributed by atoms with Crippen molar-refractivity contribution in [1.82, 2.24) is 15.5 Å². The predicted molar refractivity (Wildman–Crippen MR) is 257 cm³/mol. The smallest absolute Gasteiger partial charge is 0.306 e. The second kappa shape index (κ2) is 45.9. The molecule has 61 heavy (non-hydrogen) atoms. The molecule has 0 aliphatic rings. The molecule has 0 unspecified atom stereocenters. The summed E-state index contributed by atoms with van der Waals surface area (Å²) in [6.07, 6.45) is 38.9. The van der Waals surface area contributed by atoms with Crippen LogP contribution in [0.1, 0.15) is 259 Å². The molecule has 0 heterocycles. The molecule has 2 N–H and O–H groups in total. The molecule has 0 aromatic heterocycles. The molecule has 0 rings (SSSR count). The average Bonchev–Trinajstić information content (AvgIpc) is 3.24. The lowest BCUT2D eigenvalue weighted by molar-refractivity contribution is -0.150. The minimum Gasteiger partial charge on any atom is -0.466 e. The number of amides is 2. The van der Waals surface area contributed by atoms with Crippen LogP contribution < -0.4 is 10.6 Å². The average molecular weight is 864 g/mol. The lowest BCUT2D eigenvalue weighted by Gasteiger charge is -2.22. The van der Waals surface area contributed by atoms with Crippen LogP contribution in [-0.2, 0) is 28.7 Å². The SMILES string of the molecule is CCCCCCCCC(CCCCCCCC)OC(=O)CCCCCCCN(CCCCCCCC(=O)OCCC(CCCC)CCCC)CCCNC(=O)CCNC(C)=O. The van der Waals surface area contributed by atoms with Crippen molar-refractivity contribution in [3.63, 3.8) is 0 Å². The summed E-state index contributed by atoms with van der Waals surface area (Å²) in [6.45, 7) is 15.1. The van der Waals surface area contributed by atoms with Crippen LogP contribution in [0.2, 0.25) is 0 Å². The van der Waals surface area contributed by atoms with E-state index in [0.717, 1.165) is 110 Å². The molecule has 9 nitrogen and oxygen atoms in total. The Morgan fingerprint density at radius 2 is 0.902 bits per heavy atom. The van der Waals surface area contributed by atoms with Crippen LogP contribution in [0.15, 0.2) is 0 Å². The molecule has 0 bridgehead atoms. The van der Waals surface area contributed by atoms with Gasteiger partial charge in [-0.05, 0) is 89.8 Å². The number of unbranched alkanes of at least 4 members (excludes halogenated alkanes) is 20. The summed E-state index contributed by atoms with van der Waals surface area (Å²) in [5.41, 5.74) is 0. The first-order valence-electron chi connectivity index (χ1n) is 26.3. The molecule has 0 saturated carbocycles. The number of carbonyl (C=O) groups excluding carboxylic acids is 4. The summed E-state index contributed by atoms with van der Waals surface area (Å²) in [7, 11) is 0. The Bertz CT molecular complexity index is 986. The van der Waals surface area contributed by atoms with Gasteiger partial charge >= 0.3 is 11.9 Å². The van der Waals surface area contributed by atoms with Crippen molar-refractivity contribution in [2.24, 2.45) is 5.92 Å². The highest BCUT2D eigenvalue weighted by Crippen LogP contribution is 2.21. The van der Waals surface area contributed by atoms with Gasteiger partial charge in [0.15, 0.2) is 0 Å². The van der Waals surface area contributed by atoms with Gasteiger partial charge in [0.25, 0.3) is 0 Å². The third kappa shape index (κ3) is 42.9. The van der Waals surface area contributed by atoms with Crippen LogP contribution in [-0.4, -0.2) is 74.1 Å². The quantitative estimate of drug-likeness (QED) is 0.0462. The lowest BCUT2D eigenvalue weighted by atomic mass is 9.93. The fourth-order valence-corrected chi connectivity index (χ4v) is 8.22.